The van der Waals surface area contributed by atoms with Gasteiger partial charge < -0.3 is 5.32 Å². The lowest BCUT2D eigenvalue weighted by molar-refractivity contribution is -0.121. The molecule has 1 N–H and O–H groups in total. The zero-order valence-electron chi connectivity index (χ0n) is 12.4. The Kier molecular flexibility index (Phi) is 5.33. The van der Waals surface area contributed by atoms with Crippen LogP contribution in [0, 0.1) is 0 Å². The van der Waals surface area contributed by atoms with Gasteiger partial charge in [0.1, 0.15) is 0 Å². The Morgan fingerprint density at radius 3 is 2.50 bits per heavy atom. The molecule has 0 bridgehead atoms. The highest BCUT2D eigenvalue weighted by molar-refractivity contribution is 7.89. The Hall–Kier alpha value is -1.70. The van der Waals surface area contributed by atoms with Crippen LogP contribution in [0.15, 0.2) is 52.7 Å². The molecule has 22 heavy (non-hydrogen) atoms. The van der Waals surface area contributed by atoms with E-state index in [-0.39, 0.29) is 23.4 Å². The average molecular weight is 338 g/mol. The van der Waals surface area contributed by atoms with Crippen LogP contribution in [0.2, 0.25) is 0 Å². The van der Waals surface area contributed by atoms with Crippen LogP contribution in [0.1, 0.15) is 17.8 Å². The number of hydrogen-bond acceptors (Lipinski definition) is 4. The molecular weight excluding hydrogens is 320 g/mol. The molecule has 1 amide bonds. The maximum absolute atomic E-state index is 12.3. The molecule has 5 nitrogen and oxygen atoms in total. The molecule has 118 valence electrons. The summed E-state index contributed by atoms with van der Waals surface area (Å²) in [6.07, 6.45) is 0. The number of nitrogens with zero attached hydrogens (tertiary/aromatic N) is 1. The molecule has 1 aromatic heterocycles. The van der Waals surface area contributed by atoms with E-state index in [1.807, 2.05) is 24.4 Å². The Bertz CT molecular complexity index is 713. The number of thiophene rings is 1. The summed E-state index contributed by atoms with van der Waals surface area (Å²) in [5, 5.41) is 4.74. The van der Waals surface area contributed by atoms with Gasteiger partial charge >= 0.3 is 0 Å². The highest BCUT2D eigenvalue weighted by atomic mass is 32.2. The molecule has 7 heteroatoms. The van der Waals surface area contributed by atoms with E-state index in [2.05, 4.69) is 5.32 Å². The zero-order valence-corrected chi connectivity index (χ0v) is 14.0. The monoisotopic (exact) mass is 338 g/mol. The molecule has 0 aliphatic heterocycles. The summed E-state index contributed by atoms with van der Waals surface area (Å²) in [6, 6.07) is 11.8. The molecule has 2 rings (SSSR count). The van der Waals surface area contributed by atoms with Gasteiger partial charge in [0, 0.05) is 11.9 Å². The molecule has 0 radical (unpaired) electrons. The van der Waals surface area contributed by atoms with Gasteiger partial charge in [-0.2, -0.15) is 4.31 Å². The van der Waals surface area contributed by atoms with Crippen molar-refractivity contribution in [1.29, 1.82) is 0 Å². The number of hydrogen-bond donors (Lipinski definition) is 1. The van der Waals surface area contributed by atoms with Gasteiger partial charge in [0.05, 0.1) is 17.5 Å². The van der Waals surface area contributed by atoms with Crippen LogP contribution in [0.3, 0.4) is 0 Å². The molecule has 1 atom stereocenters. The van der Waals surface area contributed by atoms with Gasteiger partial charge in [-0.3, -0.25) is 4.79 Å². The maximum Gasteiger partial charge on any atom is 0.243 e. The number of rotatable bonds is 6. The Balaban J connectivity index is 1.99. The van der Waals surface area contributed by atoms with Gasteiger partial charge in [-0.1, -0.05) is 24.3 Å². The topological polar surface area (TPSA) is 66.5 Å². The van der Waals surface area contributed by atoms with E-state index in [1.165, 1.54) is 19.2 Å². The number of amides is 1. The molecule has 1 heterocycles. The fourth-order valence-electron chi connectivity index (χ4n) is 1.96. The van der Waals surface area contributed by atoms with Gasteiger partial charge in [-0.25, -0.2) is 8.42 Å². The molecule has 2 aromatic rings. The van der Waals surface area contributed by atoms with Crippen molar-refractivity contribution in [3.8, 4) is 0 Å². The van der Waals surface area contributed by atoms with E-state index in [0.29, 0.717) is 0 Å². The second kappa shape index (κ2) is 7.04. The Labute approximate surface area is 134 Å². The predicted octanol–water partition coefficient (Wildman–Crippen LogP) is 2.25. The average Bonchev–Trinajstić information content (AvgIpc) is 3.02. The van der Waals surface area contributed by atoms with Crippen molar-refractivity contribution < 1.29 is 13.2 Å². The summed E-state index contributed by atoms with van der Waals surface area (Å²) in [5.41, 5.74) is 0. The third-order valence-electron chi connectivity index (χ3n) is 3.17. The van der Waals surface area contributed by atoms with Crippen LogP contribution in [-0.2, 0) is 14.8 Å². The van der Waals surface area contributed by atoms with Gasteiger partial charge in [-0.05, 0) is 30.5 Å². The lowest BCUT2D eigenvalue weighted by Crippen LogP contribution is -2.39. The fraction of sp³-hybridized carbons (Fsp3) is 0.267. The molecule has 0 saturated carbocycles. The van der Waals surface area contributed by atoms with Crippen LogP contribution >= 0.6 is 11.3 Å². The second-order valence-corrected chi connectivity index (χ2v) is 7.90. The molecule has 0 spiro atoms. The van der Waals surface area contributed by atoms with Gasteiger partial charge in [0.15, 0.2) is 0 Å². The number of nitrogens with one attached hydrogen (secondary N) is 1. The highest BCUT2D eigenvalue weighted by Crippen LogP contribution is 2.18. The largest absolute Gasteiger partial charge is 0.348 e. The van der Waals surface area contributed by atoms with Gasteiger partial charge in [0.25, 0.3) is 0 Å². The molecule has 0 aliphatic carbocycles. The first-order chi connectivity index (χ1) is 10.4. The lowest BCUT2D eigenvalue weighted by atomic mass is 10.3. The van der Waals surface area contributed by atoms with Crippen molar-refractivity contribution in [2.45, 2.75) is 17.9 Å². The number of benzene rings is 1. The van der Waals surface area contributed by atoms with Gasteiger partial charge in [0.2, 0.25) is 15.9 Å². The van der Waals surface area contributed by atoms with Crippen LogP contribution in [0.5, 0.6) is 0 Å². The third-order valence-corrected chi connectivity index (χ3v) is 6.04. The molecule has 0 aliphatic rings. The first-order valence-corrected chi connectivity index (χ1v) is 9.07. The minimum Gasteiger partial charge on any atom is -0.348 e. The highest BCUT2D eigenvalue weighted by Gasteiger charge is 2.23. The summed E-state index contributed by atoms with van der Waals surface area (Å²) in [4.78, 5) is 13.2. The number of carbonyl (C=O) groups is 1. The molecule has 1 unspecified atom stereocenters. The standard InChI is InChI=1S/C15H18N2O3S2/c1-12(14-9-6-10-21-14)16-15(18)11-17(2)22(19,20)13-7-4-3-5-8-13/h3-10,12H,11H2,1-2H3,(H,16,18). The van der Waals surface area contributed by atoms with E-state index < -0.39 is 10.0 Å². The van der Waals surface area contributed by atoms with Crippen molar-refractivity contribution in [2.24, 2.45) is 0 Å². The fourth-order valence-corrected chi connectivity index (χ4v) is 3.84. The molecule has 0 saturated heterocycles. The maximum atomic E-state index is 12.3. The van der Waals surface area contributed by atoms with E-state index in [1.54, 1.807) is 29.5 Å². The van der Waals surface area contributed by atoms with Crippen molar-refractivity contribution >= 4 is 27.3 Å². The minimum atomic E-state index is -3.65. The Morgan fingerprint density at radius 2 is 1.91 bits per heavy atom. The van der Waals surface area contributed by atoms with E-state index in [9.17, 15) is 13.2 Å². The Morgan fingerprint density at radius 1 is 1.23 bits per heavy atom. The molecular formula is C15H18N2O3S2. The van der Waals surface area contributed by atoms with Crippen molar-refractivity contribution in [3.63, 3.8) is 0 Å². The smallest absolute Gasteiger partial charge is 0.243 e. The number of likely N-dealkylation sites (N-methyl/N-ethyl adjacent to an activating group) is 1. The van der Waals surface area contributed by atoms with Crippen LogP contribution in [-0.4, -0.2) is 32.2 Å². The van der Waals surface area contributed by atoms with E-state index >= 15 is 0 Å². The summed E-state index contributed by atoms with van der Waals surface area (Å²) < 4.78 is 25.7. The molecule has 1 aromatic carbocycles. The first-order valence-electron chi connectivity index (χ1n) is 6.75. The van der Waals surface area contributed by atoms with Crippen LogP contribution in [0.4, 0.5) is 0 Å². The SMILES string of the molecule is CC(NC(=O)CN(C)S(=O)(=O)c1ccccc1)c1cccs1. The summed E-state index contributed by atoms with van der Waals surface area (Å²) in [6.45, 7) is 1.66. The van der Waals surface area contributed by atoms with Crippen LogP contribution in [0.25, 0.3) is 0 Å². The lowest BCUT2D eigenvalue weighted by Gasteiger charge is -2.18. The second-order valence-electron chi connectivity index (χ2n) is 4.88. The normalized spacial score (nSPS) is 13.0. The number of sulfonamides is 1. The first kappa shape index (κ1) is 16.7. The quantitative estimate of drug-likeness (QED) is 0.878. The molecule has 0 fully saturated rings. The zero-order chi connectivity index (χ0) is 16.2. The number of carbonyl (C=O) groups excluding carboxylic acids is 1. The van der Waals surface area contributed by atoms with Crippen molar-refractivity contribution in [3.05, 3.63) is 52.7 Å². The third kappa shape index (κ3) is 3.94. The van der Waals surface area contributed by atoms with Crippen molar-refractivity contribution in [2.75, 3.05) is 13.6 Å². The summed E-state index contributed by atoms with van der Waals surface area (Å²) >= 11 is 1.55. The summed E-state index contributed by atoms with van der Waals surface area (Å²) in [5.74, 6) is -0.331. The van der Waals surface area contributed by atoms with Gasteiger partial charge in [-0.15, -0.1) is 11.3 Å². The van der Waals surface area contributed by atoms with E-state index in [0.717, 1.165) is 9.18 Å². The van der Waals surface area contributed by atoms with Crippen LogP contribution < -0.4 is 5.32 Å². The minimum absolute atomic E-state index is 0.139. The van der Waals surface area contributed by atoms with E-state index in [4.69, 9.17) is 0 Å². The summed E-state index contributed by atoms with van der Waals surface area (Å²) in [7, 11) is -2.25. The predicted molar refractivity (Wildman–Crippen MR) is 87.1 cm³/mol. The van der Waals surface area contributed by atoms with Crippen molar-refractivity contribution in [1.82, 2.24) is 9.62 Å².